The third-order valence-corrected chi connectivity index (χ3v) is 7.77. The second kappa shape index (κ2) is 11.3. The van der Waals surface area contributed by atoms with E-state index in [4.69, 9.17) is 13.8 Å². The van der Waals surface area contributed by atoms with E-state index in [1.165, 1.54) is 29.6 Å². The molecular formula is C17H31N2O7PS. The summed E-state index contributed by atoms with van der Waals surface area (Å²) in [5.41, 5.74) is -0.622. The molecule has 0 radical (unpaired) electrons. The molecule has 0 amide bonds. The van der Waals surface area contributed by atoms with E-state index in [2.05, 4.69) is 4.98 Å². The number of ether oxygens (including phenoxy) is 1. The Morgan fingerprint density at radius 1 is 1.21 bits per heavy atom. The van der Waals surface area contributed by atoms with E-state index in [9.17, 15) is 19.3 Å². The van der Waals surface area contributed by atoms with Crippen molar-refractivity contribution in [3.63, 3.8) is 0 Å². The third-order valence-electron chi connectivity index (χ3n) is 3.61. The van der Waals surface area contributed by atoms with Gasteiger partial charge in [-0.15, -0.1) is 11.8 Å². The smallest absolute Gasteiger partial charge is 0.340 e. The molecule has 1 aromatic heterocycles. The van der Waals surface area contributed by atoms with Gasteiger partial charge in [-0.25, -0.2) is 4.79 Å². The van der Waals surface area contributed by atoms with Crippen molar-refractivity contribution < 1.29 is 23.5 Å². The standard InChI is InChI=1S/C17H31N2O7PS/c1-11(2)25-27(23,26-12(3)4)10-28-14(9-20)7-15(24-6)19-8-13(5)16(21)18-17(19)22/h8,11-12,14-15,20H,7,9-10H2,1-6H3,(H,18,21,22)/t14-,15?/m1/s1. The molecule has 1 rings (SSSR count). The fourth-order valence-corrected chi connectivity index (χ4v) is 6.27. The Labute approximate surface area is 169 Å². The van der Waals surface area contributed by atoms with Gasteiger partial charge in [0.15, 0.2) is 0 Å². The summed E-state index contributed by atoms with van der Waals surface area (Å²) in [4.78, 5) is 25.9. The van der Waals surface area contributed by atoms with E-state index in [0.29, 0.717) is 5.56 Å². The number of aromatic amines is 1. The zero-order valence-electron chi connectivity index (χ0n) is 17.2. The molecule has 0 aliphatic heterocycles. The van der Waals surface area contributed by atoms with Gasteiger partial charge in [-0.1, -0.05) is 0 Å². The zero-order valence-corrected chi connectivity index (χ0v) is 18.9. The highest BCUT2D eigenvalue weighted by molar-refractivity contribution is 8.05. The summed E-state index contributed by atoms with van der Waals surface area (Å²) in [5, 5.41) is 9.37. The van der Waals surface area contributed by atoms with E-state index in [1.807, 2.05) is 0 Å². The highest BCUT2D eigenvalue weighted by Crippen LogP contribution is 2.53. The van der Waals surface area contributed by atoms with Crippen molar-refractivity contribution in [1.29, 1.82) is 0 Å². The second-order valence-electron chi connectivity index (χ2n) is 6.92. The molecule has 11 heteroatoms. The van der Waals surface area contributed by atoms with Gasteiger partial charge in [-0.3, -0.25) is 18.9 Å². The number of aliphatic hydroxyl groups excluding tert-OH is 1. The molecule has 0 aliphatic rings. The fraction of sp³-hybridized carbons (Fsp3) is 0.765. The first-order valence-corrected chi connectivity index (χ1v) is 11.8. The van der Waals surface area contributed by atoms with Crippen molar-refractivity contribution >= 4 is 19.4 Å². The molecule has 0 bridgehead atoms. The minimum Gasteiger partial charge on any atom is -0.395 e. The molecule has 9 nitrogen and oxygen atoms in total. The van der Waals surface area contributed by atoms with Gasteiger partial charge >= 0.3 is 13.3 Å². The Morgan fingerprint density at radius 2 is 1.79 bits per heavy atom. The van der Waals surface area contributed by atoms with Gasteiger partial charge in [-0.2, -0.15) is 0 Å². The van der Waals surface area contributed by atoms with Gasteiger partial charge in [0.05, 0.1) is 24.3 Å². The number of rotatable bonds is 12. The summed E-state index contributed by atoms with van der Waals surface area (Å²) >= 11 is 1.23. The van der Waals surface area contributed by atoms with Crippen LogP contribution in [-0.2, 0) is 18.3 Å². The lowest BCUT2D eigenvalue weighted by atomic mass is 10.2. The van der Waals surface area contributed by atoms with Gasteiger partial charge in [0.2, 0.25) is 0 Å². The molecule has 28 heavy (non-hydrogen) atoms. The number of aromatic nitrogens is 2. The molecule has 0 aliphatic carbocycles. The number of nitrogens with one attached hydrogen (secondary N) is 1. The van der Waals surface area contributed by atoms with Crippen LogP contribution in [-0.4, -0.2) is 51.3 Å². The van der Waals surface area contributed by atoms with Crippen LogP contribution < -0.4 is 11.2 Å². The Kier molecular flexibility index (Phi) is 10.2. The van der Waals surface area contributed by atoms with E-state index in [-0.39, 0.29) is 36.0 Å². The van der Waals surface area contributed by atoms with Crippen LogP contribution in [0.4, 0.5) is 0 Å². The van der Waals surface area contributed by atoms with Crippen LogP contribution in [0, 0.1) is 6.92 Å². The van der Waals surface area contributed by atoms with Crippen LogP contribution in [0.15, 0.2) is 15.8 Å². The molecule has 1 heterocycles. The summed E-state index contributed by atoms with van der Waals surface area (Å²) in [5.74, 6) is 0. The van der Waals surface area contributed by atoms with Gasteiger partial charge in [0, 0.05) is 30.5 Å². The Hall–Kier alpha value is -0.900. The molecule has 162 valence electrons. The minimum atomic E-state index is -3.35. The van der Waals surface area contributed by atoms with Crippen molar-refractivity contribution in [3.8, 4) is 0 Å². The molecule has 0 aromatic carbocycles. The Morgan fingerprint density at radius 3 is 2.25 bits per heavy atom. The topological polar surface area (TPSA) is 120 Å². The normalized spacial score (nSPS) is 14.6. The predicted molar refractivity (Wildman–Crippen MR) is 110 cm³/mol. The predicted octanol–water partition coefficient (Wildman–Crippen LogP) is 2.47. The lowest BCUT2D eigenvalue weighted by molar-refractivity contribution is 0.0291. The Balaban J connectivity index is 2.92. The SMILES string of the molecule is COC(C[C@H](CO)SCP(=O)(OC(C)C)OC(C)C)n1cc(C)c(=O)[nH]c1=O. The maximum Gasteiger partial charge on any atom is 0.340 e. The fourth-order valence-electron chi connectivity index (χ4n) is 2.47. The maximum atomic E-state index is 12.9. The van der Waals surface area contributed by atoms with E-state index >= 15 is 0 Å². The van der Waals surface area contributed by atoms with Crippen molar-refractivity contribution in [2.45, 2.75) is 64.7 Å². The van der Waals surface area contributed by atoms with Crippen LogP contribution >= 0.6 is 19.4 Å². The number of hydrogen-bond acceptors (Lipinski definition) is 8. The van der Waals surface area contributed by atoms with Gasteiger partial charge in [-0.05, 0) is 34.6 Å². The highest BCUT2D eigenvalue weighted by atomic mass is 32.2. The summed E-state index contributed by atoms with van der Waals surface area (Å²) in [6.07, 6.45) is 0.429. The van der Waals surface area contributed by atoms with Gasteiger partial charge in [0.25, 0.3) is 5.56 Å². The number of aryl methyl sites for hydroxylation is 1. The van der Waals surface area contributed by atoms with Crippen molar-refractivity contribution in [2.75, 3.05) is 19.2 Å². The summed E-state index contributed by atoms with van der Waals surface area (Å²) in [6.45, 7) is 8.47. The van der Waals surface area contributed by atoms with Crippen LogP contribution in [0.2, 0.25) is 0 Å². The number of thioether (sulfide) groups is 1. The molecule has 1 unspecified atom stereocenters. The monoisotopic (exact) mass is 438 g/mol. The molecule has 2 atom stereocenters. The molecule has 2 N–H and O–H groups in total. The average Bonchev–Trinajstić information content (AvgIpc) is 2.57. The second-order valence-corrected chi connectivity index (χ2v) is 10.6. The number of methoxy groups -OCH3 is 1. The van der Waals surface area contributed by atoms with E-state index < -0.39 is 25.1 Å². The lowest BCUT2D eigenvalue weighted by Gasteiger charge is -2.26. The van der Waals surface area contributed by atoms with Crippen LogP contribution in [0.5, 0.6) is 0 Å². The first-order chi connectivity index (χ1) is 13.0. The molecule has 0 saturated carbocycles. The first-order valence-electron chi connectivity index (χ1n) is 9.04. The minimum absolute atomic E-state index is 0.0601. The zero-order chi connectivity index (χ0) is 21.5. The lowest BCUT2D eigenvalue weighted by Crippen LogP contribution is -2.35. The maximum absolute atomic E-state index is 12.9. The van der Waals surface area contributed by atoms with Crippen LogP contribution in [0.1, 0.15) is 45.9 Å². The van der Waals surface area contributed by atoms with Crippen molar-refractivity contribution in [2.24, 2.45) is 0 Å². The van der Waals surface area contributed by atoms with Crippen LogP contribution in [0.25, 0.3) is 0 Å². The third kappa shape index (κ3) is 7.85. The summed E-state index contributed by atoms with van der Waals surface area (Å²) in [6, 6.07) is 0. The van der Waals surface area contributed by atoms with E-state index in [0.717, 1.165) is 0 Å². The number of H-pyrrole nitrogens is 1. The molecule has 1 aromatic rings. The van der Waals surface area contributed by atoms with Gasteiger partial charge < -0.3 is 18.9 Å². The van der Waals surface area contributed by atoms with Gasteiger partial charge in [0.1, 0.15) is 6.23 Å². The number of nitrogens with zero attached hydrogens (tertiary/aromatic N) is 1. The van der Waals surface area contributed by atoms with Crippen molar-refractivity contribution in [1.82, 2.24) is 9.55 Å². The largest absolute Gasteiger partial charge is 0.395 e. The molecular weight excluding hydrogens is 407 g/mol. The quantitative estimate of drug-likeness (QED) is 0.478. The first kappa shape index (κ1) is 25.1. The average molecular weight is 438 g/mol. The van der Waals surface area contributed by atoms with Crippen LogP contribution in [0.3, 0.4) is 0 Å². The molecule has 0 fully saturated rings. The van der Waals surface area contributed by atoms with Crippen molar-refractivity contribution in [3.05, 3.63) is 32.6 Å². The molecule has 0 saturated heterocycles. The molecule has 0 spiro atoms. The number of hydrogen-bond donors (Lipinski definition) is 2. The van der Waals surface area contributed by atoms with E-state index in [1.54, 1.807) is 34.6 Å². The number of aliphatic hydroxyl groups is 1. The summed E-state index contributed by atoms with van der Waals surface area (Å²) < 4.78 is 30.6. The highest BCUT2D eigenvalue weighted by Gasteiger charge is 2.30. The Bertz CT molecular complexity index is 764. The summed E-state index contributed by atoms with van der Waals surface area (Å²) in [7, 11) is -1.92.